The van der Waals surface area contributed by atoms with Gasteiger partial charge >= 0.3 is 0 Å². The smallest absolute Gasteiger partial charge is 0.228 e. The van der Waals surface area contributed by atoms with Gasteiger partial charge < -0.3 is 19.5 Å². The van der Waals surface area contributed by atoms with Crippen LogP contribution in [0, 0.1) is 13.8 Å². The lowest BCUT2D eigenvalue weighted by Crippen LogP contribution is -2.36. The summed E-state index contributed by atoms with van der Waals surface area (Å²) in [5.41, 5.74) is 4.32. The lowest BCUT2D eigenvalue weighted by atomic mass is 10.1. The predicted octanol–water partition coefficient (Wildman–Crippen LogP) is 3.43. The zero-order valence-electron chi connectivity index (χ0n) is 15.9. The molecule has 0 bridgehead atoms. The van der Waals surface area contributed by atoms with Crippen molar-refractivity contribution in [1.82, 2.24) is 10.1 Å². The van der Waals surface area contributed by atoms with Gasteiger partial charge in [-0.05, 0) is 26.0 Å². The molecule has 0 radical (unpaired) electrons. The lowest BCUT2D eigenvalue weighted by Gasteiger charge is -2.26. The summed E-state index contributed by atoms with van der Waals surface area (Å²) in [5, 5.41) is 9.90. The summed E-state index contributed by atoms with van der Waals surface area (Å²) in [6.45, 7) is 6.91. The monoisotopic (exact) mass is 398 g/mol. The van der Waals surface area contributed by atoms with Crippen molar-refractivity contribution in [3.63, 3.8) is 0 Å². The Balaban J connectivity index is 1.40. The van der Waals surface area contributed by atoms with Crippen molar-refractivity contribution in [2.45, 2.75) is 20.3 Å². The maximum atomic E-state index is 12.3. The SMILES string of the molecule is Cc1noc(C)c1CC(=O)Nc1ccc(-c2csc(N3CCOCC3)n2)cc1. The van der Waals surface area contributed by atoms with Gasteiger partial charge in [0.15, 0.2) is 5.13 Å². The van der Waals surface area contributed by atoms with Gasteiger partial charge in [0.1, 0.15) is 5.76 Å². The minimum absolute atomic E-state index is 0.0922. The highest BCUT2D eigenvalue weighted by atomic mass is 32.1. The van der Waals surface area contributed by atoms with Crippen LogP contribution in [0.15, 0.2) is 34.2 Å². The Morgan fingerprint density at radius 1 is 1.21 bits per heavy atom. The van der Waals surface area contributed by atoms with Crippen LogP contribution in [0.5, 0.6) is 0 Å². The normalized spacial score (nSPS) is 14.3. The Hall–Kier alpha value is -2.71. The summed E-state index contributed by atoms with van der Waals surface area (Å²) in [4.78, 5) is 19.3. The van der Waals surface area contributed by atoms with Gasteiger partial charge in [0.2, 0.25) is 5.91 Å². The number of benzene rings is 1. The van der Waals surface area contributed by atoms with E-state index in [1.165, 1.54) is 0 Å². The first kappa shape index (κ1) is 18.6. The molecule has 1 aliphatic rings. The molecule has 3 aromatic rings. The van der Waals surface area contributed by atoms with Gasteiger partial charge in [0.05, 0.1) is 31.0 Å². The molecule has 4 rings (SSSR count). The number of aromatic nitrogens is 2. The van der Waals surface area contributed by atoms with Crippen LogP contribution in [0.4, 0.5) is 10.8 Å². The zero-order chi connectivity index (χ0) is 19.5. The first-order valence-electron chi connectivity index (χ1n) is 9.20. The first-order valence-corrected chi connectivity index (χ1v) is 10.1. The number of carbonyl (C=O) groups is 1. The summed E-state index contributed by atoms with van der Waals surface area (Å²) in [6.07, 6.45) is 0.248. The minimum atomic E-state index is -0.0922. The number of ether oxygens (including phenoxy) is 1. The number of rotatable bonds is 5. The molecule has 146 valence electrons. The van der Waals surface area contributed by atoms with Crippen LogP contribution >= 0.6 is 11.3 Å². The zero-order valence-corrected chi connectivity index (χ0v) is 16.7. The Morgan fingerprint density at radius 2 is 1.96 bits per heavy atom. The van der Waals surface area contributed by atoms with Crippen LogP contribution in [-0.4, -0.2) is 42.4 Å². The van der Waals surface area contributed by atoms with E-state index >= 15 is 0 Å². The van der Waals surface area contributed by atoms with Crippen molar-refractivity contribution in [2.24, 2.45) is 0 Å². The molecule has 0 unspecified atom stereocenters. The summed E-state index contributed by atoms with van der Waals surface area (Å²) in [7, 11) is 0. The molecule has 2 aromatic heterocycles. The van der Waals surface area contributed by atoms with Crippen molar-refractivity contribution < 1.29 is 14.1 Å². The number of nitrogens with zero attached hydrogens (tertiary/aromatic N) is 3. The van der Waals surface area contributed by atoms with Crippen molar-refractivity contribution in [3.05, 3.63) is 46.7 Å². The predicted molar refractivity (Wildman–Crippen MR) is 109 cm³/mol. The number of aryl methyl sites for hydroxylation is 2. The van der Waals surface area contributed by atoms with Crippen molar-refractivity contribution in [3.8, 4) is 11.3 Å². The number of morpholine rings is 1. The van der Waals surface area contributed by atoms with Gasteiger partial charge in [0, 0.05) is 35.3 Å². The molecule has 1 saturated heterocycles. The average molecular weight is 398 g/mol. The van der Waals surface area contributed by atoms with Crippen LogP contribution in [0.2, 0.25) is 0 Å². The van der Waals surface area contributed by atoms with Crippen LogP contribution in [-0.2, 0) is 16.0 Å². The second kappa shape index (κ2) is 8.12. The van der Waals surface area contributed by atoms with Crippen molar-refractivity contribution in [2.75, 3.05) is 36.5 Å². The Kier molecular flexibility index (Phi) is 5.40. The number of thiazole rings is 1. The molecule has 0 atom stereocenters. The number of anilines is 2. The molecule has 8 heteroatoms. The average Bonchev–Trinajstić information content (AvgIpc) is 3.32. The number of hydrogen-bond donors (Lipinski definition) is 1. The Bertz CT molecular complexity index is 939. The maximum Gasteiger partial charge on any atom is 0.228 e. The molecular formula is C20H22N4O3S. The third-order valence-electron chi connectivity index (χ3n) is 4.76. The molecule has 1 aliphatic heterocycles. The van der Waals surface area contributed by atoms with E-state index < -0.39 is 0 Å². The van der Waals surface area contributed by atoms with Gasteiger partial charge in [-0.25, -0.2) is 4.98 Å². The van der Waals surface area contributed by atoms with E-state index in [2.05, 4.69) is 20.8 Å². The molecule has 1 aromatic carbocycles. The van der Waals surface area contributed by atoms with E-state index in [4.69, 9.17) is 14.2 Å². The molecule has 1 N–H and O–H groups in total. The van der Waals surface area contributed by atoms with Crippen molar-refractivity contribution in [1.29, 1.82) is 0 Å². The van der Waals surface area contributed by atoms with E-state index in [1.807, 2.05) is 38.1 Å². The van der Waals surface area contributed by atoms with Gasteiger partial charge in [-0.3, -0.25) is 4.79 Å². The largest absolute Gasteiger partial charge is 0.378 e. The second-order valence-corrected chi connectivity index (χ2v) is 7.56. The summed E-state index contributed by atoms with van der Waals surface area (Å²) in [6, 6.07) is 7.75. The highest BCUT2D eigenvalue weighted by Gasteiger charge is 2.16. The quantitative estimate of drug-likeness (QED) is 0.709. The van der Waals surface area contributed by atoms with Gasteiger partial charge in [-0.15, -0.1) is 11.3 Å². The summed E-state index contributed by atoms with van der Waals surface area (Å²) in [5.74, 6) is 0.591. The van der Waals surface area contributed by atoms with E-state index in [1.54, 1.807) is 11.3 Å². The Morgan fingerprint density at radius 3 is 2.64 bits per heavy atom. The number of carbonyl (C=O) groups excluding carboxylic acids is 1. The molecule has 0 aliphatic carbocycles. The van der Waals surface area contributed by atoms with Crippen molar-refractivity contribution >= 4 is 28.1 Å². The van der Waals surface area contributed by atoms with E-state index in [-0.39, 0.29) is 12.3 Å². The topological polar surface area (TPSA) is 80.5 Å². The van der Waals surface area contributed by atoms with E-state index in [0.717, 1.165) is 59.6 Å². The van der Waals surface area contributed by atoms with Crippen LogP contribution in [0.25, 0.3) is 11.3 Å². The van der Waals surface area contributed by atoms with E-state index in [9.17, 15) is 4.79 Å². The fourth-order valence-corrected chi connectivity index (χ4v) is 4.03. The molecule has 7 nitrogen and oxygen atoms in total. The van der Waals surface area contributed by atoms with Crippen LogP contribution < -0.4 is 10.2 Å². The number of nitrogens with one attached hydrogen (secondary N) is 1. The number of amides is 1. The molecule has 1 amide bonds. The Labute approximate surface area is 167 Å². The molecule has 28 heavy (non-hydrogen) atoms. The standard InChI is InChI=1S/C20H22N4O3S/c1-13-17(14(2)27-23-13)11-19(25)21-16-5-3-15(4-6-16)18-12-28-20(22-18)24-7-9-26-10-8-24/h3-6,12H,7-11H2,1-2H3,(H,21,25). The first-order chi connectivity index (χ1) is 13.6. The summed E-state index contributed by atoms with van der Waals surface area (Å²) >= 11 is 1.65. The molecule has 3 heterocycles. The molecule has 0 spiro atoms. The number of hydrogen-bond acceptors (Lipinski definition) is 7. The molecule has 1 fully saturated rings. The van der Waals surface area contributed by atoms with Crippen LogP contribution in [0.3, 0.4) is 0 Å². The van der Waals surface area contributed by atoms with E-state index in [0.29, 0.717) is 5.76 Å². The van der Waals surface area contributed by atoms with Gasteiger partial charge in [0.25, 0.3) is 0 Å². The fraction of sp³-hybridized carbons (Fsp3) is 0.350. The second-order valence-electron chi connectivity index (χ2n) is 6.72. The van der Waals surface area contributed by atoms with Crippen LogP contribution in [0.1, 0.15) is 17.0 Å². The maximum absolute atomic E-state index is 12.3. The minimum Gasteiger partial charge on any atom is -0.378 e. The lowest BCUT2D eigenvalue weighted by molar-refractivity contribution is -0.115. The van der Waals surface area contributed by atoms with Gasteiger partial charge in [-0.2, -0.15) is 0 Å². The van der Waals surface area contributed by atoms with Gasteiger partial charge in [-0.1, -0.05) is 17.3 Å². The molecular weight excluding hydrogens is 376 g/mol. The summed E-state index contributed by atoms with van der Waals surface area (Å²) < 4.78 is 10.5. The highest BCUT2D eigenvalue weighted by Crippen LogP contribution is 2.28. The third-order valence-corrected chi connectivity index (χ3v) is 5.66. The highest BCUT2D eigenvalue weighted by molar-refractivity contribution is 7.14. The third kappa shape index (κ3) is 4.07. The fourth-order valence-electron chi connectivity index (χ4n) is 3.14. The molecule has 0 saturated carbocycles.